The van der Waals surface area contributed by atoms with Crippen molar-refractivity contribution in [3.8, 4) is 0 Å². The van der Waals surface area contributed by atoms with Gasteiger partial charge in [-0.1, -0.05) is 37.2 Å². The molecule has 2 heterocycles. The first-order valence-electron chi connectivity index (χ1n) is 11.7. The third-order valence-electron chi connectivity index (χ3n) is 5.79. The van der Waals surface area contributed by atoms with Crippen molar-refractivity contribution in [2.45, 2.75) is 69.4 Å². The Kier molecular flexibility index (Phi) is 9.42. The van der Waals surface area contributed by atoms with Gasteiger partial charge in [0.2, 0.25) is 11.8 Å². The average molecular weight is 495 g/mol. The molecule has 188 valence electrons. The van der Waals surface area contributed by atoms with Crippen LogP contribution in [0.4, 0.5) is 5.82 Å². The van der Waals surface area contributed by atoms with E-state index in [9.17, 15) is 19.8 Å². The maximum Gasteiger partial charge on any atom is 0.225 e. The molecule has 34 heavy (non-hydrogen) atoms. The second-order valence-corrected chi connectivity index (χ2v) is 9.36. The molecule has 0 radical (unpaired) electrons. The molecule has 12 nitrogen and oxygen atoms in total. The van der Waals surface area contributed by atoms with E-state index in [1.807, 2.05) is 0 Å². The highest BCUT2D eigenvalue weighted by atomic mass is 32.2. The van der Waals surface area contributed by atoms with Crippen LogP contribution in [-0.2, 0) is 9.59 Å². The molecule has 0 saturated heterocycles. The molecule has 1 aliphatic rings. The molecule has 2 amide bonds. The summed E-state index contributed by atoms with van der Waals surface area (Å²) in [6.07, 6.45) is 0.762. The summed E-state index contributed by atoms with van der Waals surface area (Å²) in [6.45, 7) is 5.06. The molecule has 0 aromatic carbocycles. The molecular formula is C21H34N8O4S. The smallest absolute Gasteiger partial charge is 0.225 e. The van der Waals surface area contributed by atoms with Gasteiger partial charge in [0, 0.05) is 32.3 Å². The lowest BCUT2D eigenvalue weighted by molar-refractivity contribution is -0.129. The molecule has 0 aliphatic heterocycles. The predicted octanol–water partition coefficient (Wildman–Crippen LogP) is 0.471. The van der Waals surface area contributed by atoms with E-state index in [1.54, 1.807) is 0 Å². The number of aliphatic hydroxyl groups excluding tert-OH is 2. The second kappa shape index (κ2) is 12.3. The van der Waals surface area contributed by atoms with Gasteiger partial charge in [0.15, 0.2) is 22.1 Å². The van der Waals surface area contributed by atoms with E-state index < -0.39 is 30.1 Å². The zero-order valence-electron chi connectivity index (χ0n) is 19.8. The van der Waals surface area contributed by atoms with E-state index in [4.69, 9.17) is 0 Å². The minimum atomic E-state index is -1.28. The first-order valence-corrected chi connectivity index (χ1v) is 12.7. The van der Waals surface area contributed by atoms with E-state index in [0.29, 0.717) is 22.1 Å². The van der Waals surface area contributed by atoms with Crippen molar-refractivity contribution in [3.05, 3.63) is 0 Å². The maximum absolute atomic E-state index is 12.6. The lowest BCUT2D eigenvalue weighted by Gasteiger charge is -2.17. The van der Waals surface area contributed by atoms with Crippen LogP contribution in [0.2, 0.25) is 0 Å². The fourth-order valence-electron chi connectivity index (χ4n) is 3.86. The number of thioether (sulfide) groups is 1. The number of anilines is 1. The van der Waals surface area contributed by atoms with Gasteiger partial charge in [-0.25, -0.2) is 14.6 Å². The van der Waals surface area contributed by atoms with E-state index in [1.165, 1.54) is 23.5 Å². The summed E-state index contributed by atoms with van der Waals surface area (Å²) in [4.78, 5) is 33.2. The van der Waals surface area contributed by atoms with Gasteiger partial charge in [-0.2, -0.15) is 0 Å². The van der Waals surface area contributed by atoms with E-state index in [0.717, 1.165) is 31.6 Å². The van der Waals surface area contributed by atoms with Crippen LogP contribution in [-0.4, -0.2) is 85.1 Å². The number of carbonyl (C=O) groups excluding carboxylic acids is 2. The zero-order valence-corrected chi connectivity index (χ0v) is 20.6. The Morgan fingerprint density at radius 2 is 1.94 bits per heavy atom. The van der Waals surface area contributed by atoms with Crippen LogP contribution in [0.15, 0.2) is 5.16 Å². The van der Waals surface area contributed by atoms with Crippen LogP contribution in [0, 0.1) is 5.92 Å². The lowest BCUT2D eigenvalue weighted by atomic mass is 10.0. The molecule has 1 saturated carbocycles. The Balaban J connectivity index is 1.83. The zero-order chi connectivity index (χ0) is 24.7. The summed E-state index contributed by atoms with van der Waals surface area (Å²) in [7, 11) is 1.52. The molecule has 0 unspecified atom stereocenters. The fourth-order valence-corrected chi connectivity index (χ4v) is 4.56. The van der Waals surface area contributed by atoms with Crippen LogP contribution in [0.25, 0.3) is 11.2 Å². The first kappa shape index (κ1) is 26.1. The normalized spacial score (nSPS) is 22.1. The Labute approximate surface area is 202 Å². The highest BCUT2D eigenvalue weighted by Gasteiger charge is 2.47. The Morgan fingerprint density at radius 3 is 2.65 bits per heavy atom. The Morgan fingerprint density at radius 1 is 1.15 bits per heavy atom. The van der Waals surface area contributed by atoms with Crippen LogP contribution >= 0.6 is 11.8 Å². The number of hydrogen-bond acceptors (Lipinski definition) is 10. The van der Waals surface area contributed by atoms with Crippen molar-refractivity contribution in [2.24, 2.45) is 5.92 Å². The van der Waals surface area contributed by atoms with Gasteiger partial charge in [0.05, 0.1) is 18.1 Å². The van der Waals surface area contributed by atoms with E-state index >= 15 is 0 Å². The number of amides is 2. The van der Waals surface area contributed by atoms with E-state index in [2.05, 4.69) is 50.1 Å². The standard InChI is InChI=1S/C21H34N8O4S/c1-4-6-8-23-18-15-19(26-21(25-18)34-10-5-2)29(28-27-15)13-11-12(16(31)17(13)32)20(33)24-9-7-14(30)22-3/h12-13,16-17,31-32H,4-11H2,1-3H3,(H,22,30)(H,24,33)(H,23,25,26)/t12-,13+,16+,17-/m0/s1. The summed E-state index contributed by atoms with van der Waals surface area (Å²) in [5.41, 5.74) is 0.932. The molecule has 5 N–H and O–H groups in total. The monoisotopic (exact) mass is 494 g/mol. The number of aromatic nitrogens is 5. The molecule has 2 aromatic rings. The average Bonchev–Trinajstić information content (AvgIpc) is 3.38. The quantitative estimate of drug-likeness (QED) is 0.159. The van der Waals surface area contributed by atoms with Crippen molar-refractivity contribution in [3.63, 3.8) is 0 Å². The third kappa shape index (κ3) is 5.94. The highest BCUT2D eigenvalue weighted by Crippen LogP contribution is 2.37. The fraction of sp³-hybridized carbons (Fsp3) is 0.714. The third-order valence-corrected chi connectivity index (χ3v) is 6.85. The molecule has 2 aromatic heterocycles. The minimum absolute atomic E-state index is 0.133. The van der Waals surface area contributed by atoms with Gasteiger partial charge in [0.25, 0.3) is 0 Å². The maximum atomic E-state index is 12.6. The molecule has 4 atom stereocenters. The number of carbonyl (C=O) groups is 2. The van der Waals surface area contributed by atoms with Crippen molar-refractivity contribution in [2.75, 3.05) is 31.2 Å². The Bertz CT molecular complexity index is 987. The van der Waals surface area contributed by atoms with Gasteiger partial charge in [-0.15, -0.1) is 5.10 Å². The molecular weight excluding hydrogens is 460 g/mol. The van der Waals surface area contributed by atoms with Gasteiger partial charge in [-0.05, 0) is 19.3 Å². The number of fused-ring (bicyclic) bond motifs is 1. The molecule has 13 heteroatoms. The van der Waals surface area contributed by atoms with Crippen molar-refractivity contribution in [1.29, 1.82) is 0 Å². The summed E-state index contributed by atoms with van der Waals surface area (Å²) in [5, 5.41) is 38.9. The number of unbranched alkanes of at least 4 members (excludes halogenated alkanes) is 1. The number of rotatable bonds is 12. The van der Waals surface area contributed by atoms with Crippen LogP contribution in [0.3, 0.4) is 0 Å². The number of nitrogens with one attached hydrogen (secondary N) is 3. The van der Waals surface area contributed by atoms with Crippen molar-refractivity contribution < 1.29 is 19.8 Å². The highest BCUT2D eigenvalue weighted by molar-refractivity contribution is 7.99. The summed E-state index contributed by atoms with van der Waals surface area (Å²) in [5.74, 6) is -0.0243. The summed E-state index contributed by atoms with van der Waals surface area (Å²) < 4.78 is 1.49. The summed E-state index contributed by atoms with van der Waals surface area (Å²) >= 11 is 1.52. The SMILES string of the molecule is CCCCNc1nc(SCCC)nc2c1nnn2[C@@H]1C[C@H](C(=O)NCCC(=O)NC)[C@@H](O)[C@H]1O. The topological polar surface area (TPSA) is 167 Å². The van der Waals surface area contributed by atoms with Crippen LogP contribution in [0.5, 0.6) is 0 Å². The van der Waals surface area contributed by atoms with Crippen molar-refractivity contribution in [1.82, 2.24) is 35.6 Å². The Hall–Kier alpha value is -2.51. The molecule has 1 fully saturated rings. The van der Waals surface area contributed by atoms with Crippen LogP contribution in [0.1, 0.15) is 52.0 Å². The van der Waals surface area contributed by atoms with Crippen molar-refractivity contribution >= 4 is 40.6 Å². The minimum Gasteiger partial charge on any atom is -0.390 e. The van der Waals surface area contributed by atoms with Gasteiger partial charge in [0.1, 0.15) is 6.10 Å². The second-order valence-electron chi connectivity index (χ2n) is 8.29. The number of aliphatic hydroxyl groups is 2. The molecule has 3 rings (SSSR count). The predicted molar refractivity (Wildman–Crippen MR) is 128 cm³/mol. The largest absolute Gasteiger partial charge is 0.390 e. The summed E-state index contributed by atoms with van der Waals surface area (Å²) in [6, 6.07) is -0.683. The van der Waals surface area contributed by atoms with E-state index in [-0.39, 0.29) is 25.3 Å². The molecule has 0 bridgehead atoms. The number of hydrogen-bond donors (Lipinski definition) is 5. The molecule has 0 spiro atoms. The molecule has 1 aliphatic carbocycles. The van der Waals surface area contributed by atoms with Crippen LogP contribution < -0.4 is 16.0 Å². The van der Waals surface area contributed by atoms with Gasteiger partial charge in [-0.3, -0.25) is 9.59 Å². The number of nitrogens with zero attached hydrogens (tertiary/aromatic N) is 5. The van der Waals surface area contributed by atoms with Gasteiger partial charge < -0.3 is 26.2 Å². The lowest BCUT2D eigenvalue weighted by Crippen LogP contribution is -2.39. The van der Waals surface area contributed by atoms with Gasteiger partial charge >= 0.3 is 0 Å². The first-order chi connectivity index (χ1) is 16.4.